The molecule has 2 heteroatoms. The van der Waals surface area contributed by atoms with Gasteiger partial charge in [0.15, 0.2) is 0 Å². The minimum absolute atomic E-state index is 0.190. The summed E-state index contributed by atoms with van der Waals surface area (Å²) in [7, 11) is 1.75. The molecule has 0 radical (unpaired) electrons. The van der Waals surface area contributed by atoms with E-state index >= 15 is 0 Å². The highest BCUT2D eigenvalue weighted by Crippen LogP contribution is 2.29. The van der Waals surface area contributed by atoms with Crippen molar-refractivity contribution in [1.82, 2.24) is 0 Å². The van der Waals surface area contributed by atoms with Crippen LogP contribution in [0.1, 0.15) is 36.5 Å². The summed E-state index contributed by atoms with van der Waals surface area (Å²) in [6.07, 6.45) is 5.94. The monoisotopic (exact) mass is 219 g/mol. The lowest BCUT2D eigenvalue weighted by molar-refractivity contribution is 0.407. The highest BCUT2D eigenvalue weighted by atomic mass is 16.5. The van der Waals surface area contributed by atoms with E-state index in [4.69, 9.17) is 10.5 Å². The lowest BCUT2D eigenvalue weighted by Gasteiger charge is -2.20. The van der Waals surface area contributed by atoms with E-state index in [0.29, 0.717) is 0 Å². The predicted octanol–water partition coefficient (Wildman–Crippen LogP) is 2.46. The highest BCUT2D eigenvalue weighted by Gasteiger charge is 2.14. The first kappa shape index (κ1) is 11.5. The van der Waals surface area contributed by atoms with Crippen molar-refractivity contribution in [1.29, 1.82) is 0 Å². The van der Waals surface area contributed by atoms with Crippen LogP contribution >= 0.6 is 0 Å². The average Bonchev–Trinajstić information content (AvgIpc) is 2.27. The van der Waals surface area contributed by atoms with Gasteiger partial charge in [0.05, 0.1) is 7.11 Å². The molecule has 0 saturated carbocycles. The van der Waals surface area contributed by atoms with E-state index < -0.39 is 0 Å². The Morgan fingerprint density at radius 3 is 2.44 bits per heavy atom. The van der Waals surface area contributed by atoms with Crippen LogP contribution in [0.25, 0.3) is 0 Å². The maximum atomic E-state index is 5.87. The Labute approximate surface area is 97.8 Å². The zero-order valence-electron chi connectivity index (χ0n) is 10.3. The van der Waals surface area contributed by atoms with Gasteiger partial charge < -0.3 is 10.5 Å². The average molecular weight is 219 g/mol. The standard InChI is InChI=1S/C14H21NO/c1-10(15)7-13-8-11-5-3-4-6-12(11)9-14(13)16-2/h8-10H,3-7,15H2,1-2H3. The van der Waals surface area contributed by atoms with Crippen LogP contribution in [0, 0.1) is 0 Å². The van der Waals surface area contributed by atoms with Gasteiger partial charge in [0.1, 0.15) is 5.75 Å². The fraction of sp³-hybridized carbons (Fsp3) is 0.571. The lowest BCUT2D eigenvalue weighted by Crippen LogP contribution is -2.18. The molecular formula is C14H21NO. The quantitative estimate of drug-likeness (QED) is 0.847. The Hall–Kier alpha value is -1.02. The largest absolute Gasteiger partial charge is 0.496 e. The van der Waals surface area contributed by atoms with Gasteiger partial charge in [-0.25, -0.2) is 0 Å². The summed E-state index contributed by atoms with van der Waals surface area (Å²) in [5, 5.41) is 0. The van der Waals surface area contributed by atoms with Gasteiger partial charge in [-0.3, -0.25) is 0 Å². The molecule has 0 aliphatic heterocycles. The van der Waals surface area contributed by atoms with Crippen molar-refractivity contribution >= 4 is 0 Å². The number of benzene rings is 1. The van der Waals surface area contributed by atoms with Crippen LogP contribution in [-0.2, 0) is 19.3 Å². The predicted molar refractivity (Wildman–Crippen MR) is 67.0 cm³/mol. The second-order valence-electron chi connectivity index (χ2n) is 4.82. The van der Waals surface area contributed by atoms with Gasteiger partial charge in [-0.2, -0.15) is 0 Å². The van der Waals surface area contributed by atoms with E-state index in [9.17, 15) is 0 Å². The van der Waals surface area contributed by atoms with Gasteiger partial charge >= 0.3 is 0 Å². The van der Waals surface area contributed by atoms with Crippen LogP contribution in [-0.4, -0.2) is 13.2 Å². The van der Waals surface area contributed by atoms with Gasteiger partial charge in [-0.1, -0.05) is 6.07 Å². The first-order valence-corrected chi connectivity index (χ1v) is 6.15. The topological polar surface area (TPSA) is 35.2 Å². The Kier molecular flexibility index (Phi) is 3.49. The van der Waals surface area contributed by atoms with Gasteiger partial charge in [-0.05, 0) is 61.8 Å². The highest BCUT2D eigenvalue weighted by molar-refractivity contribution is 5.44. The molecular weight excluding hydrogens is 198 g/mol. The molecule has 0 saturated heterocycles. The summed E-state index contributed by atoms with van der Waals surface area (Å²) in [5.41, 5.74) is 10.1. The van der Waals surface area contributed by atoms with Crippen LogP contribution in [0.15, 0.2) is 12.1 Å². The molecule has 1 aromatic rings. The smallest absolute Gasteiger partial charge is 0.122 e. The molecule has 2 rings (SSSR count). The molecule has 88 valence electrons. The van der Waals surface area contributed by atoms with E-state index in [1.54, 1.807) is 7.11 Å². The van der Waals surface area contributed by atoms with Crippen molar-refractivity contribution in [2.45, 2.75) is 45.1 Å². The van der Waals surface area contributed by atoms with E-state index in [0.717, 1.165) is 12.2 Å². The molecule has 1 aliphatic rings. The Morgan fingerprint density at radius 1 is 1.25 bits per heavy atom. The first-order valence-electron chi connectivity index (χ1n) is 6.15. The molecule has 0 fully saturated rings. The Morgan fingerprint density at radius 2 is 1.88 bits per heavy atom. The maximum Gasteiger partial charge on any atom is 0.122 e. The number of aryl methyl sites for hydroxylation is 2. The number of hydrogen-bond acceptors (Lipinski definition) is 2. The second-order valence-corrected chi connectivity index (χ2v) is 4.82. The number of hydrogen-bond donors (Lipinski definition) is 1. The number of methoxy groups -OCH3 is 1. The molecule has 0 spiro atoms. The van der Waals surface area contributed by atoms with Crippen molar-refractivity contribution in [2.24, 2.45) is 5.73 Å². The van der Waals surface area contributed by atoms with Crippen molar-refractivity contribution in [3.05, 3.63) is 28.8 Å². The first-order chi connectivity index (χ1) is 7.70. The molecule has 16 heavy (non-hydrogen) atoms. The number of rotatable bonds is 3. The summed E-state index contributed by atoms with van der Waals surface area (Å²) >= 11 is 0. The fourth-order valence-electron chi connectivity index (χ4n) is 2.51. The van der Waals surface area contributed by atoms with Crippen molar-refractivity contribution in [3.8, 4) is 5.75 Å². The number of ether oxygens (including phenoxy) is 1. The summed E-state index contributed by atoms with van der Waals surface area (Å²) in [4.78, 5) is 0. The maximum absolute atomic E-state index is 5.87. The van der Waals surface area contributed by atoms with E-state index in [1.165, 1.54) is 42.4 Å². The van der Waals surface area contributed by atoms with Crippen LogP contribution in [0.5, 0.6) is 5.75 Å². The van der Waals surface area contributed by atoms with Gasteiger partial charge in [0.2, 0.25) is 0 Å². The van der Waals surface area contributed by atoms with Crippen LogP contribution in [0.4, 0.5) is 0 Å². The molecule has 2 N–H and O–H groups in total. The number of fused-ring (bicyclic) bond motifs is 1. The Balaban J connectivity index is 2.35. The third-order valence-electron chi connectivity index (χ3n) is 3.29. The minimum Gasteiger partial charge on any atom is -0.496 e. The molecule has 1 aromatic carbocycles. The molecule has 0 aromatic heterocycles. The lowest BCUT2D eigenvalue weighted by atomic mass is 9.89. The fourth-order valence-corrected chi connectivity index (χ4v) is 2.51. The summed E-state index contributed by atoms with van der Waals surface area (Å²) in [6.45, 7) is 2.04. The van der Waals surface area contributed by atoms with Crippen molar-refractivity contribution in [2.75, 3.05) is 7.11 Å². The zero-order valence-corrected chi connectivity index (χ0v) is 10.3. The molecule has 1 unspecified atom stereocenters. The van der Waals surface area contributed by atoms with Crippen LogP contribution in [0.2, 0.25) is 0 Å². The molecule has 0 amide bonds. The molecule has 1 aliphatic carbocycles. The normalized spacial score (nSPS) is 16.7. The van der Waals surface area contributed by atoms with E-state index in [-0.39, 0.29) is 6.04 Å². The molecule has 0 bridgehead atoms. The summed E-state index contributed by atoms with van der Waals surface area (Å²) < 4.78 is 5.46. The molecule has 2 nitrogen and oxygen atoms in total. The van der Waals surface area contributed by atoms with Crippen LogP contribution < -0.4 is 10.5 Å². The number of nitrogens with two attached hydrogens (primary N) is 1. The third kappa shape index (κ3) is 2.38. The molecule has 1 atom stereocenters. The van der Waals surface area contributed by atoms with Gasteiger partial charge in [0.25, 0.3) is 0 Å². The zero-order chi connectivity index (χ0) is 11.5. The van der Waals surface area contributed by atoms with E-state index in [1.807, 2.05) is 6.92 Å². The van der Waals surface area contributed by atoms with E-state index in [2.05, 4.69) is 12.1 Å². The minimum atomic E-state index is 0.190. The van der Waals surface area contributed by atoms with Gasteiger partial charge in [-0.15, -0.1) is 0 Å². The summed E-state index contributed by atoms with van der Waals surface area (Å²) in [6, 6.07) is 4.71. The SMILES string of the molecule is COc1cc2c(cc1CC(C)N)CCCC2. The third-order valence-corrected chi connectivity index (χ3v) is 3.29. The van der Waals surface area contributed by atoms with Crippen LogP contribution in [0.3, 0.4) is 0 Å². The van der Waals surface area contributed by atoms with Crippen molar-refractivity contribution in [3.63, 3.8) is 0 Å². The Bertz CT molecular complexity index is 371. The molecule has 0 heterocycles. The van der Waals surface area contributed by atoms with Crippen molar-refractivity contribution < 1.29 is 4.74 Å². The second kappa shape index (κ2) is 4.88. The van der Waals surface area contributed by atoms with Gasteiger partial charge in [0, 0.05) is 6.04 Å². The summed E-state index contributed by atoms with van der Waals surface area (Å²) in [5.74, 6) is 1.01.